The smallest absolute Gasteiger partial charge is 0.263 e. The fourth-order valence-corrected chi connectivity index (χ4v) is 2.32. The third-order valence-corrected chi connectivity index (χ3v) is 3.77. The number of rotatable bonds is 6. The maximum Gasteiger partial charge on any atom is 0.263 e. The van der Waals surface area contributed by atoms with E-state index in [2.05, 4.69) is 21.7 Å². The van der Waals surface area contributed by atoms with Gasteiger partial charge >= 0.3 is 0 Å². The highest BCUT2D eigenvalue weighted by atomic mass is 35.5. The van der Waals surface area contributed by atoms with Crippen LogP contribution in [0.2, 0.25) is 5.02 Å². The standard InChI is InChI=1S/C20H15ClN4O2/c21-15-3-8-18(9-4-15)27-13-20(26)25-19-10-7-17(12-23-19)24-16-5-1-14(11-22)2-6-16/h1-10,12,24H,13H2,(H,23,25,26). The van der Waals surface area contributed by atoms with Crippen LogP contribution in [-0.2, 0) is 4.79 Å². The lowest BCUT2D eigenvalue weighted by Crippen LogP contribution is -2.20. The quantitative estimate of drug-likeness (QED) is 0.665. The van der Waals surface area contributed by atoms with Crippen LogP contribution in [0.15, 0.2) is 66.9 Å². The lowest BCUT2D eigenvalue weighted by Gasteiger charge is -2.09. The summed E-state index contributed by atoms with van der Waals surface area (Å²) in [6.07, 6.45) is 1.61. The lowest BCUT2D eigenvalue weighted by atomic mass is 10.2. The Kier molecular flexibility index (Phi) is 5.87. The molecule has 1 aromatic heterocycles. The number of carbonyl (C=O) groups excluding carboxylic acids is 1. The van der Waals surface area contributed by atoms with E-state index in [1.54, 1.807) is 54.7 Å². The van der Waals surface area contributed by atoms with Gasteiger partial charge in [0.15, 0.2) is 6.61 Å². The molecule has 0 aliphatic rings. The van der Waals surface area contributed by atoms with Crippen LogP contribution in [0.5, 0.6) is 5.75 Å². The molecular weight excluding hydrogens is 364 g/mol. The van der Waals surface area contributed by atoms with Crippen molar-refractivity contribution < 1.29 is 9.53 Å². The molecule has 0 aliphatic heterocycles. The SMILES string of the molecule is N#Cc1ccc(Nc2ccc(NC(=O)COc3ccc(Cl)cc3)nc2)cc1. The number of ether oxygens (including phenoxy) is 1. The van der Waals surface area contributed by atoms with Crippen molar-refractivity contribution in [2.24, 2.45) is 0 Å². The zero-order valence-electron chi connectivity index (χ0n) is 14.1. The molecular formula is C20H15ClN4O2. The first-order valence-electron chi connectivity index (χ1n) is 8.04. The minimum absolute atomic E-state index is 0.130. The highest BCUT2D eigenvalue weighted by Crippen LogP contribution is 2.18. The second-order valence-electron chi connectivity index (χ2n) is 5.54. The van der Waals surface area contributed by atoms with Crippen molar-refractivity contribution in [1.29, 1.82) is 5.26 Å². The summed E-state index contributed by atoms with van der Waals surface area (Å²) in [7, 11) is 0. The summed E-state index contributed by atoms with van der Waals surface area (Å²) in [6, 6.07) is 19.4. The molecule has 0 aliphatic carbocycles. The van der Waals surface area contributed by atoms with Gasteiger partial charge in [-0.05, 0) is 60.7 Å². The number of nitrogens with one attached hydrogen (secondary N) is 2. The van der Waals surface area contributed by atoms with Gasteiger partial charge in [0, 0.05) is 10.7 Å². The van der Waals surface area contributed by atoms with Crippen LogP contribution in [0.4, 0.5) is 17.2 Å². The Labute approximate surface area is 161 Å². The van der Waals surface area contributed by atoms with Crippen molar-refractivity contribution in [3.05, 3.63) is 77.4 Å². The van der Waals surface area contributed by atoms with E-state index in [1.807, 2.05) is 12.1 Å². The molecule has 0 spiro atoms. The zero-order valence-corrected chi connectivity index (χ0v) is 14.9. The molecule has 0 bridgehead atoms. The van der Waals surface area contributed by atoms with Crippen molar-refractivity contribution in [2.45, 2.75) is 0 Å². The van der Waals surface area contributed by atoms with Gasteiger partial charge in [-0.15, -0.1) is 0 Å². The average molecular weight is 379 g/mol. The number of aromatic nitrogens is 1. The molecule has 7 heteroatoms. The molecule has 2 N–H and O–H groups in total. The monoisotopic (exact) mass is 378 g/mol. The molecule has 1 heterocycles. The first kappa shape index (κ1) is 18.2. The second kappa shape index (κ2) is 8.70. The van der Waals surface area contributed by atoms with Gasteiger partial charge in [0.05, 0.1) is 23.5 Å². The second-order valence-corrected chi connectivity index (χ2v) is 5.97. The minimum Gasteiger partial charge on any atom is -0.484 e. The highest BCUT2D eigenvalue weighted by molar-refractivity contribution is 6.30. The normalized spacial score (nSPS) is 9.93. The van der Waals surface area contributed by atoms with E-state index in [1.165, 1.54) is 0 Å². The first-order chi connectivity index (χ1) is 13.1. The number of hydrogen-bond acceptors (Lipinski definition) is 5. The fourth-order valence-electron chi connectivity index (χ4n) is 2.20. The molecule has 2 aromatic carbocycles. The van der Waals surface area contributed by atoms with E-state index in [-0.39, 0.29) is 12.5 Å². The largest absolute Gasteiger partial charge is 0.484 e. The van der Waals surface area contributed by atoms with Crippen LogP contribution < -0.4 is 15.4 Å². The first-order valence-corrected chi connectivity index (χ1v) is 8.41. The molecule has 134 valence electrons. The van der Waals surface area contributed by atoms with E-state index in [0.29, 0.717) is 22.2 Å². The number of hydrogen-bond donors (Lipinski definition) is 2. The third-order valence-electron chi connectivity index (χ3n) is 3.52. The molecule has 0 saturated heterocycles. The van der Waals surface area contributed by atoms with Crippen LogP contribution in [-0.4, -0.2) is 17.5 Å². The van der Waals surface area contributed by atoms with Gasteiger partial charge in [-0.25, -0.2) is 4.98 Å². The number of carbonyl (C=O) groups is 1. The van der Waals surface area contributed by atoms with Crippen LogP contribution in [0.1, 0.15) is 5.56 Å². The Morgan fingerprint density at radius 3 is 2.37 bits per heavy atom. The van der Waals surface area contributed by atoms with Gasteiger partial charge in [-0.1, -0.05) is 11.6 Å². The summed E-state index contributed by atoms with van der Waals surface area (Å²) in [5.41, 5.74) is 2.19. The molecule has 27 heavy (non-hydrogen) atoms. The molecule has 0 atom stereocenters. The van der Waals surface area contributed by atoms with Crippen LogP contribution in [0, 0.1) is 11.3 Å². The summed E-state index contributed by atoms with van der Waals surface area (Å²) in [5, 5.41) is 15.2. The van der Waals surface area contributed by atoms with Gasteiger partial charge in [0.2, 0.25) is 0 Å². The summed E-state index contributed by atoms with van der Waals surface area (Å²) in [4.78, 5) is 16.1. The maximum absolute atomic E-state index is 11.9. The Morgan fingerprint density at radius 1 is 1.04 bits per heavy atom. The predicted octanol–water partition coefficient (Wildman–Crippen LogP) is 4.37. The summed E-state index contributed by atoms with van der Waals surface area (Å²) >= 11 is 5.80. The van der Waals surface area contributed by atoms with Gasteiger partial charge in [0.25, 0.3) is 5.91 Å². The number of pyridine rings is 1. The van der Waals surface area contributed by atoms with Crippen molar-refractivity contribution in [2.75, 3.05) is 17.2 Å². The lowest BCUT2D eigenvalue weighted by molar-refractivity contribution is -0.118. The molecule has 0 radical (unpaired) electrons. The summed E-state index contributed by atoms with van der Waals surface area (Å²) in [5.74, 6) is 0.666. The van der Waals surface area contributed by atoms with E-state index >= 15 is 0 Å². The van der Waals surface area contributed by atoms with Crippen molar-refractivity contribution in [3.63, 3.8) is 0 Å². The van der Waals surface area contributed by atoms with Gasteiger partial charge < -0.3 is 15.4 Å². The van der Waals surface area contributed by atoms with Gasteiger partial charge in [0.1, 0.15) is 11.6 Å². The maximum atomic E-state index is 11.9. The van der Waals surface area contributed by atoms with E-state index in [4.69, 9.17) is 21.6 Å². The number of amides is 1. The van der Waals surface area contributed by atoms with Gasteiger partial charge in [-0.3, -0.25) is 4.79 Å². The topological polar surface area (TPSA) is 87.0 Å². The van der Waals surface area contributed by atoms with Crippen LogP contribution >= 0.6 is 11.6 Å². The van der Waals surface area contributed by atoms with Crippen LogP contribution in [0.25, 0.3) is 0 Å². The minimum atomic E-state index is -0.315. The molecule has 0 saturated carbocycles. The highest BCUT2D eigenvalue weighted by Gasteiger charge is 2.05. The molecule has 3 aromatic rings. The van der Waals surface area contributed by atoms with E-state index in [9.17, 15) is 4.79 Å². The predicted molar refractivity (Wildman–Crippen MR) is 104 cm³/mol. The van der Waals surface area contributed by atoms with E-state index in [0.717, 1.165) is 11.4 Å². The molecule has 1 amide bonds. The average Bonchev–Trinajstić information content (AvgIpc) is 2.70. The van der Waals surface area contributed by atoms with E-state index < -0.39 is 0 Å². The van der Waals surface area contributed by atoms with Crippen LogP contribution in [0.3, 0.4) is 0 Å². The van der Waals surface area contributed by atoms with Crippen molar-refractivity contribution >= 4 is 34.7 Å². The fraction of sp³-hybridized carbons (Fsp3) is 0.0500. The number of nitriles is 1. The molecule has 3 rings (SSSR count). The molecule has 6 nitrogen and oxygen atoms in total. The summed E-state index contributed by atoms with van der Waals surface area (Å²) in [6.45, 7) is -0.130. The Hall–Kier alpha value is -3.56. The van der Waals surface area contributed by atoms with Crippen molar-refractivity contribution in [3.8, 4) is 11.8 Å². The molecule has 0 unspecified atom stereocenters. The third kappa shape index (κ3) is 5.46. The Morgan fingerprint density at radius 2 is 1.74 bits per heavy atom. The summed E-state index contributed by atoms with van der Waals surface area (Å²) < 4.78 is 5.38. The number of anilines is 3. The Bertz CT molecular complexity index is 949. The number of halogens is 1. The number of benzene rings is 2. The zero-order chi connectivity index (χ0) is 19.1. The number of nitrogens with zero attached hydrogens (tertiary/aromatic N) is 2. The van der Waals surface area contributed by atoms with Gasteiger partial charge in [-0.2, -0.15) is 5.26 Å². The Balaban J connectivity index is 1.51. The molecule has 0 fully saturated rings. The van der Waals surface area contributed by atoms with Crippen molar-refractivity contribution in [1.82, 2.24) is 4.98 Å².